The fraction of sp³-hybridized carbons (Fsp3) is 0.667. The van der Waals surface area contributed by atoms with Gasteiger partial charge in [-0.15, -0.1) is 0 Å². The normalized spacial score (nSPS) is 18.4. The molecule has 0 aliphatic carbocycles. The molecule has 0 radical (unpaired) electrons. The van der Waals surface area contributed by atoms with Crippen molar-refractivity contribution in [3.63, 3.8) is 0 Å². The number of nitrogens with zero attached hydrogens (tertiary/aromatic N) is 1. The number of piperazine rings is 1. The molecule has 1 N–H and O–H groups in total. The summed E-state index contributed by atoms with van der Waals surface area (Å²) in [7, 11) is 0. The van der Waals surface area contributed by atoms with Crippen molar-refractivity contribution in [2.24, 2.45) is 5.92 Å². The third-order valence-corrected chi connectivity index (χ3v) is 4.40. The largest absolute Gasteiger partial charge is 0.314 e. The van der Waals surface area contributed by atoms with Crippen molar-refractivity contribution in [3.8, 4) is 0 Å². The van der Waals surface area contributed by atoms with Crippen molar-refractivity contribution in [3.05, 3.63) is 34.9 Å². The van der Waals surface area contributed by atoms with Crippen LogP contribution in [0.2, 0.25) is 0 Å². The Kier molecular flexibility index (Phi) is 5.62. The Morgan fingerprint density at radius 3 is 2.45 bits per heavy atom. The summed E-state index contributed by atoms with van der Waals surface area (Å²) in [5.74, 6) is 0.783. The fourth-order valence-corrected chi connectivity index (χ4v) is 3.14. The Balaban J connectivity index is 2.21. The molecule has 1 fully saturated rings. The Labute approximate surface area is 124 Å². The zero-order chi connectivity index (χ0) is 14.5. The lowest BCUT2D eigenvalue weighted by atomic mass is 9.92. The maximum Gasteiger partial charge on any atom is 0.0352 e. The molecule has 20 heavy (non-hydrogen) atoms. The van der Waals surface area contributed by atoms with E-state index in [9.17, 15) is 0 Å². The molecule has 0 bridgehead atoms. The van der Waals surface area contributed by atoms with E-state index in [2.05, 4.69) is 56.1 Å². The standard InChI is InChI=1S/C18H30N2/c1-14(2)5-8-18(20-11-9-19-10-12-20)17-13-15(3)6-7-16(17)4/h6-7,13-14,18-19H,5,8-12H2,1-4H3/t18-/m1/s1. The van der Waals surface area contributed by atoms with Crippen LogP contribution in [0.5, 0.6) is 0 Å². The quantitative estimate of drug-likeness (QED) is 0.881. The molecule has 0 unspecified atom stereocenters. The third kappa shape index (κ3) is 4.07. The highest BCUT2D eigenvalue weighted by molar-refractivity contribution is 5.33. The summed E-state index contributed by atoms with van der Waals surface area (Å²) < 4.78 is 0. The van der Waals surface area contributed by atoms with Crippen LogP contribution in [-0.2, 0) is 0 Å². The van der Waals surface area contributed by atoms with Crippen LogP contribution in [0, 0.1) is 19.8 Å². The zero-order valence-electron chi connectivity index (χ0n) is 13.6. The summed E-state index contributed by atoms with van der Waals surface area (Å²) in [6.07, 6.45) is 2.59. The number of nitrogens with one attached hydrogen (secondary N) is 1. The van der Waals surface area contributed by atoms with E-state index in [0.29, 0.717) is 6.04 Å². The van der Waals surface area contributed by atoms with Gasteiger partial charge < -0.3 is 5.32 Å². The SMILES string of the molecule is Cc1ccc(C)c([C@@H](CCC(C)C)N2CCNCC2)c1. The lowest BCUT2D eigenvalue weighted by molar-refractivity contribution is 0.159. The van der Waals surface area contributed by atoms with Crippen molar-refractivity contribution in [1.29, 1.82) is 0 Å². The molecule has 1 saturated heterocycles. The summed E-state index contributed by atoms with van der Waals surface area (Å²) in [6, 6.07) is 7.52. The molecule has 0 amide bonds. The van der Waals surface area contributed by atoms with Gasteiger partial charge in [0.15, 0.2) is 0 Å². The van der Waals surface area contributed by atoms with Gasteiger partial charge in [0.2, 0.25) is 0 Å². The number of rotatable bonds is 5. The average molecular weight is 274 g/mol. The van der Waals surface area contributed by atoms with Gasteiger partial charge in [-0.05, 0) is 43.7 Å². The molecular formula is C18H30N2. The van der Waals surface area contributed by atoms with Gasteiger partial charge in [-0.3, -0.25) is 4.90 Å². The van der Waals surface area contributed by atoms with Gasteiger partial charge in [0.1, 0.15) is 0 Å². The maximum absolute atomic E-state index is 3.47. The van der Waals surface area contributed by atoms with Crippen molar-refractivity contribution in [1.82, 2.24) is 10.2 Å². The molecule has 1 aliphatic rings. The molecule has 0 aromatic heterocycles. The zero-order valence-corrected chi connectivity index (χ0v) is 13.6. The monoisotopic (exact) mass is 274 g/mol. The van der Waals surface area contributed by atoms with Gasteiger partial charge in [-0.1, -0.05) is 37.6 Å². The van der Waals surface area contributed by atoms with E-state index in [1.54, 1.807) is 5.56 Å². The van der Waals surface area contributed by atoms with Crippen LogP contribution < -0.4 is 5.32 Å². The smallest absolute Gasteiger partial charge is 0.0352 e. The van der Waals surface area contributed by atoms with Crippen LogP contribution >= 0.6 is 0 Å². The summed E-state index contributed by atoms with van der Waals surface area (Å²) in [5.41, 5.74) is 4.38. The van der Waals surface area contributed by atoms with Gasteiger partial charge in [0, 0.05) is 32.2 Å². The second kappa shape index (κ2) is 7.24. The van der Waals surface area contributed by atoms with Crippen LogP contribution in [0.1, 0.15) is 49.4 Å². The molecule has 1 aromatic carbocycles. The van der Waals surface area contributed by atoms with Crippen LogP contribution in [0.25, 0.3) is 0 Å². The Bertz CT molecular complexity index is 419. The highest BCUT2D eigenvalue weighted by Crippen LogP contribution is 2.30. The second-order valence-electron chi connectivity index (χ2n) is 6.63. The average Bonchev–Trinajstić information content (AvgIpc) is 2.43. The Morgan fingerprint density at radius 2 is 1.80 bits per heavy atom. The molecule has 0 saturated carbocycles. The molecule has 1 heterocycles. The molecule has 1 atom stereocenters. The van der Waals surface area contributed by atoms with E-state index in [1.165, 1.54) is 37.1 Å². The van der Waals surface area contributed by atoms with Crippen molar-refractivity contribution >= 4 is 0 Å². The first kappa shape index (κ1) is 15.5. The third-order valence-electron chi connectivity index (χ3n) is 4.40. The molecule has 2 nitrogen and oxygen atoms in total. The molecule has 112 valence electrons. The summed E-state index contributed by atoms with van der Waals surface area (Å²) >= 11 is 0. The minimum atomic E-state index is 0.597. The van der Waals surface area contributed by atoms with Gasteiger partial charge in [-0.2, -0.15) is 0 Å². The first-order valence-electron chi connectivity index (χ1n) is 8.10. The second-order valence-corrected chi connectivity index (χ2v) is 6.63. The Hall–Kier alpha value is -0.860. The number of benzene rings is 1. The van der Waals surface area contributed by atoms with E-state index in [0.717, 1.165) is 19.0 Å². The molecule has 1 aliphatic heterocycles. The fourth-order valence-electron chi connectivity index (χ4n) is 3.14. The first-order chi connectivity index (χ1) is 9.58. The summed E-state index contributed by atoms with van der Waals surface area (Å²) in [4.78, 5) is 2.68. The molecule has 2 heteroatoms. The Morgan fingerprint density at radius 1 is 1.10 bits per heavy atom. The van der Waals surface area contributed by atoms with Gasteiger partial charge in [0.05, 0.1) is 0 Å². The molecule has 2 rings (SSSR count). The van der Waals surface area contributed by atoms with Crippen molar-refractivity contribution in [2.45, 2.75) is 46.6 Å². The van der Waals surface area contributed by atoms with E-state index in [4.69, 9.17) is 0 Å². The van der Waals surface area contributed by atoms with Crippen LogP contribution in [0.3, 0.4) is 0 Å². The van der Waals surface area contributed by atoms with Crippen LogP contribution in [0.15, 0.2) is 18.2 Å². The van der Waals surface area contributed by atoms with Crippen molar-refractivity contribution < 1.29 is 0 Å². The number of hydrogen-bond donors (Lipinski definition) is 1. The van der Waals surface area contributed by atoms with Crippen LogP contribution in [-0.4, -0.2) is 31.1 Å². The van der Waals surface area contributed by atoms with E-state index >= 15 is 0 Å². The van der Waals surface area contributed by atoms with Gasteiger partial charge in [0.25, 0.3) is 0 Å². The molecule has 0 spiro atoms. The van der Waals surface area contributed by atoms with E-state index in [1.807, 2.05) is 0 Å². The number of aryl methyl sites for hydroxylation is 2. The van der Waals surface area contributed by atoms with Crippen molar-refractivity contribution in [2.75, 3.05) is 26.2 Å². The number of hydrogen-bond acceptors (Lipinski definition) is 2. The van der Waals surface area contributed by atoms with Crippen LogP contribution in [0.4, 0.5) is 0 Å². The topological polar surface area (TPSA) is 15.3 Å². The highest BCUT2D eigenvalue weighted by atomic mass is 15.2. The molecule has 1 aromatic rings. The predicted octanol–water partition coefficient (Wildman–Crippen LogP) is 3.69. The maximum atomic E-state index is 3.47. The lowest BCUT2D eigenvalue weighted by Gasteiger charge is -2.36. The van der Waals surface area contributed by atoms with Gasteiger partial charge in [-0.25, -0.2) is 0 Å². The van der Waals surface area contributed by atoms with E-state index in [-0.39, 0.29) is 0 Å². The summed E-state index contributed by atoms with van der Waals surface area (Å²) in [5, 5.41) is 3.47. The minimum Gasteiger partial charge on any atom is -0.314 e. The highest BCUT2D eigenvalue weighted by Gasteiger charge is 2.23. The van der Waals surface area contributed by atoms with Gasteiger partial charge >= 0.3 is 0 Å². The lowest BCUT2D eigenvalue weighted by Crippen LogP contribution is -2.45. The minimum absolute atomic E-state index is 0.597. The van der Waals surface area contributed by atoms with E-state index < -0.39 is 0 Å². The molecular weight excluding hydrogens is 244 g/mol. The first-order valence-corrected chi connectivity index (χ1v) is 8.10. The summed E-state index contributed by atoms with van der Waals surface area (Å²) in [6.45, 7) is 13.7. The predicted molar refractivity (Wildman–Crippen MR) is 87.2 cm³/mol.